The highest BCUT2D eigenvalue weighted by atomic mass is 16.4. The van der Waals surface area contributed by atoms with Crippen molar-refractivity contribution in [3.8, 4) is 57.2 Å². The van der Waals surface area contributed by atoms with Crippen molar-refractivity contribution in [2.75, 3.05) is 0 Å². The first kappa shape index (κ1) is 30.1. The zero-order valence-electron chi connectivity index (χ0n) is 28.7. The number of benzene rings is 7. The Bertz CT molecular complexity index is 2960. The SMILES string of the molecule is c1ccc(-c2nnc(-c3ccccc3-n3c4ccccc4c4cc5c(cc43)c3ccccc3n5-c3ccccc3-c3nnc(-c4ccccc4)o3)o2)cc1. The molecule has 0 atom stereocenters. The summed E-state index contributed by atoms with van der Waals surface area (Å²) in [5.41, 5.74) is 9.64. The molecule has 8 heteroatoms. The van der Waals surface area contributed by atoms with E-state index in [0.717, 1.165) is 77.2 Å². The maximum atomic E-state index is 6.32. The van der Waals surface area contributed by atoms with Gasteiger partial charge in [-0.15, -0.1) is 20.4 Å². The van der Waals surface area contributed by atoms with Gasteiger partial charge in [0.25, 0.3) is 0 Å². The van der Waals surface area contributed by atoms with E-state index in [-0.39, 0.29) is 0 Å². The average Bonchev–Trinajstić information content (AvgIpc) is 4.05. The molecule has 4 heterocycles. The van der Waals surface area contributed by atoms with Crippen LogP contribution in [0.15, 0.2) is 179 Å². The minimum atomic E-state index is 0.459. The minimum Gasteiger partial charge on any atom is -0.416 e. The normalized spacial score (nSPS) is 11.7. The van der Waals surface area contributed by atoms with E-state index in [4.69, 9.17) is 8.83 Å². The maximum absolute atomic E-state index is 6.32. The fourth-order valence-corrected chi connectivity index (χ4v) is 7.71. The molecule has 0 spiro atoms. The Balaban J connectivity index is 1.15. The molecule has 0 radical (unpaired) electrons. The van der Waals surface area contributed by atoms with E-state index < -0.39 is 0 Å². The second kappa shape index (κ2) is 12.0. The zero-order valence-corrected chi connectivity index (χ0v) is 28.7. The summed E-state index contributed by atoms with van der Waals surface area (Å²) in [6.07, 6.45) is 0. The Hall–Kier alpha value is -7.58. The van der Waals surface area contributed by atoms with Crippen molar-refractivity contribution in [2.24, 2.45) is 0 Å². The van der Waals surface area contributed by atoms with Gasteiger partial charge in [-0.2, -0.15) is 0 Å². The summed E-state index contributed by atoms with van der Waals surface area (Å²) in [4.78, 5) is 0. The Morgan fingerprint density at radius 3 is 1.15 bits per heavy atom. The molecular formula is C46H28N6O2. The average molecular weight is 697 g/mol. The summed E-state index contributed by atoms with van der Waals surface area (Å²) in [5.74, 6) is 1.88. The van der Waals surface area contributed by atoms with Gasteiger partial charge in [-0.1, -0.05) is 97.1 Å². The molecule has 254 valence electrons. The first-order valence-electron chi connectivity index (χ1n) is 17.7. The molecule has 0 aliphatic heterocycles. The molecule has 0 saturated heterocycles. The van der Waals surface area contributed by atoms with Crippen LogP contribution in [0.1, 0.15) is 0 Å². The first-order chi connectivity index (χ1) is 26.8. The van der Waals surface area contributed by atoms with Crippen molar-refractivity contribution >= 4 is 43.6 Å². The van der Waals surface area contributed by atoms with Crippen molar-refractivity contribution in [1.82, 2.24) is 29.5 Å². The zero-order chi connectivity index (χ0) is 35.6. The van der Waals surface area contributed by atoms with Crippen molar-refractivity contribution in [1.29, 1.82) is 0 Å². The number of nitrogens with zero attached hydrogens (tertiary/aromatic N) is 6. The monoisotopic (exact) mass is 696 g/mol. The summed E-state index contributed by atoms with van der Waals surface area (Å²) in [6.45, 7) is 0. The van der Waals surface area contributed by atoms with Crippen LogP contribution in [0.25, 0.3) is 101 Å². The third-order valence-electron chi connectivity index (χ3n) is 10.1. The van der Waals surface area contributed by atoms with Crippen LogP contribution in [0, 0.1) is 0 Å². The fraction of sp³-hybridized carbons (Fsp3) is 0. The molecule has 0 aliphatic rings. The second-order valence-electron chi connectivity index (χ2n) is 13.2. The van der Waals surface area contributed by atoms with Crippen molar-refractivity contribution in [3.63, 3.8) is 0 Å². The largest absolute Gasteiger partial charge is 0.416 e. The Labute approximate surface area is 308 Å². The van der Waals surface area contributed by atoms with Crippen LogP contribution in [-0.2, 0) is 0 Å². The highest BCUT2D eigenvalue weighted by Gasteiger charge is 2.23. The smallest absolute Gasteiger partial charge is 0.250 e. The highest BCUT2D eigenvalue weighted by Crippen LogP contribution is 2.42. The first-order valence-corrected chi connectivity index (χ1v) is 17.7. The van der Waals surface area contributed by atoms with Crippen molar-refractivity contribution in [2.45, 2.75) is 0 Å². The fourth-order valence-electron chi connectivity index (χ4n) is 7.71. The van der Waals surface area contributed by atoms with Gasteiger partial charge in [-0.3, -0.25) is 0 Å². The van der Waals surface area contributed by atoms with Gasteiger partial charge in [-0.05, 0) is 72.8 Å². The van der Waals surface area contributed by atoms with Gasteiger partial charge in [-0.25, -0.2) is 0 Å². The number of aromatic nitrogens is 6. The van der Waals surface area contributed by atoms with E-state index in [2.05, 4.69) is 114 Å². The van der Waals surface area contributed by atoms with Crippen molar-refractivity contribution < 1.29 is 8.83 Å². The molecule has 0 aliphatic carbocycles. The summed E-state index contributed by atoms with van der Waals surface area (Å²) in [7, 11) is 0. The topological polar surface area (TPSA) is 87.7 Å². The Morgan fingerprint density at radius 1 is 0.315 bits per heavy atom. The van der Waals surface area contributed by atoms with Gasteiger partial charge >= 0.3 is 0 Å². The number of hydrogen-bond donors (Lipinski definition) is 0. The molecule has 11 aromatic rings. The summed E-state index contributed by atoms with van der Waals surface area (Å²) >= 11 is 0. The molecule has 11 rings (SSSR count). The molecule has 7 aromatic carbocycles. The van der Waals surface area contributed by atoms with Gasteiger partial charge in [0.05, 0.1) is 44.6 Å². The molecule has 0 unspecified atom stereocenters. The lowest BCUT2D eigenvalue weighted by molar-refractivity contribution is 0.584. The van der Waals surface area contributed by atoms with E-state index in [9.17, 15) is 0 Å². The molecule has 0 fully saturated rings. The van der Waals surface area contributed by atoms with Crippen LogP contribution >= 0.6 is 0 Å². The van der Waals surface area contributed by atoms with Gasteiger partial charge in [0.2, 0.25) is 23.6 Å². The molecule has 8 nitrogen and oxygen atoms in total. The molecule has 0 bridgehead atoms. The standard InChI is InChI=1S/C46H28N6O2/c1-3-15-29(16-4-1)43-47-49-45(53-43)33-21-9-13-25-39(33)51-37-23-11-7-19-31(37)35-28-42-36(27-41(35)51)32-20-8-12-24-38(32)52(42)40-26-14-10-22-34(40)46-50-48-44(54-46)30-17-5-2-6-18-30/h1-28H. The van der Waals surface area contributed by atoms with Crippen LogP contribution < -0.4 is 0 Å². The lowest BCUT2D eigenvalue weighted by Crippen LogP contribution is -1.98. The van der Waals surface area contributed by atoms with Gasteiger partial charge in [0, 0.05) is 32.7 Å². The third-order valence-corrected chi connectivity index (χ3v) is 10.1. The quantitative estimate of drug-likeness (QED) is 0.172. The predicted octanol–water partition coefficient (Wildman–Crippen LogP) is 11.3. The molecule has 0 saturated carbocycles. The predicted molar refractivity (Wildman–Crippen MR) is 213 cm³/mol. The van der Waals surface area contributed by atoms with E-state index in [1.54, 1.807) is 0 Å². The lowest BCUT2D eigenvalue weighted by atomic mass is 10.1. The van der Waals surface area contributed by atoms with Crippen LogP contribution in [-0.4, -0.2) is 29.5 Å². The highest BCUT2D eigenvalue weighted by molar-refractivity contribution is 6.19. The van der Waals surface area contributed by atoms with E-state index in [1.165, 1.54) is 0 Å². The van der Waals surface area contributed by atoms with E-state index in [1.807, 2.05) is 84.9 Å². The second-order valence-corrected chi connectivity index (χ2v) is 13.2. The van der Waals surface area contributed by atoms with E-state index >= 15 is 0 Å². The summed E-state index contributed by atoms with van der Waals surface area (Å²) in [5, 5.41) is 22.4. The Kier molecular flexibility index (Phi) is 6.69. The molecule has 0 amide bonds. The summed E-state index contributed by atoms with van der Waals surface area (Å²) < 4.78 is 17.3. The maximum Gasteiger partial charge on any atom is 0.250 e. The number of hydrogen-bond acceptors (Lipinski definition) is 6. The van der Waals surface area contributed by atoms with Crippen LogP contribution in [0.2, 0.25) is 0 Å². The number of fused-ring (bicyclic) bond motifs is 6. The molecule has 4 aromatic heterocycles. The van der Waals surface area contributed by atoms with Gasteiger partial charge < -0.3 is 18.0 Å². The minimum absolute atomic E-state index is 0.459. The van der Waals surface area contributed by atoms with Crippen LogP contribution in [0.5, 0.6) is 0 Å². The molecule has 54 heavy (non-hydrogen) atoms. The number of para-hydroxylation sites is 4. The molecule has 0 N–H and O–H groups in total. The van der Waals surface area contributed by atoms with Gasteiger partial charge in [0.15, 0.2) is 0 Å². The van der Waals surface area contributed by atoms with E-state index in [0.29, 0.717) is 23.6 Å². The van der Waals surface area contributed by atoms with Crippen LogP contribution in [0.3, 0.4) is 0 Å². The van der Waals surface area contributed by atoms with Crippen LogP contribution in [0.4, 0.5) is 0 Å². The number of rotatable bonds is 6. The van der Waals surface area contributed by atoms with Crippen molar-refractivity contribution in [3.05, 3.63) is 170 Å². The summed E-state index contributed by atoms with van der Waals surface area (Å²) in [6, 6.07) is 57.8. The van der Waals surface area contributed by atoms with Gasteiger partial charge in [0.1, 0.15) is 0 Å². The lowest BCUT2D eigenvalue weighted by Gasteiger charge is -2.12. The third kappa shape index (κ3) is 4.63. The Morgan fingerprint density at radius 2 is 0.685 bits per heavy atom. The molecular weight excluding hydrogens is 669 g/mol.